The van der Waals surface area contributed by atoms with Gasteiger partial charge in [-0.15, -0.1) is 0 Å². The van der Waals surface area contributed by atoms with Crippen molar-refractivity contribution in [2.24, 2.45) is 0 Å². The maximum absolute atomic E-state index is 13.0. The SMILES string of the molecule is CC(C)Oc1ccc(C(=O)Cc2ccc(F)cc2Cl)cc1. The molecule has 0 spiro atoms. The van der Waals surface area contributed by atoms with Crippen molar-refractivity contribution in [3.05, 3.63) is 64.4 Å². The van der Waals surface area contributed by atoms with Crippen LogP contribution in [0.1, 0.15) is 29.8 Å². The summed E-state index contributed by atoms with van der Waals surface area (Å²) in [4.78, 5) is 12.2. The molecule has 2 rings (SSSR count). The molecule has 0 heterocycles. The molecule has 2 nitrogen and oxygen atoms in total. The second kappa shape index (κ2) is 6.72. The fourth-order valence-electron chi connectivity index (χ4n) is 1.93. The molecule has 0 radical (unpaired) electrons. The van der Waals surface area contributed by atoms with Gasteiger partial charge in [-0.2, -0.15) is 0 Å². The van der Waals surface area contributed by atoms with Crippen LogP contribution in [0.15, 0.2) is 42.5 Å². The Balaban J connectivity index is 2.09. The van der Waals surface area contributed by atoms with Crippen molar-refractivity contribution in [1.82, 2.24) is 0 Å². The third-order valence-electron chi connectivity index (χ3n) is 2.91. The summed E-state index contributed by atoms with van der Waals surface area (Å²) in [5, 5.41) is 0.267. The summed E-state index contributed by atoms with van der Waals surface area (Å²) in [5.74, 6) is 0.243. The number of ether oxygens (including phenoxy) is 1. The van der Waals surface area contributed by atoms with Gasteiger partial charge in [-0.3, -0.25) is 4.79 Å². The summed E-state index contributed by atoms with van der Waals surface area (Å²) in [6, 6.07) is 11.0. The van der Waals surface area contributed by atoms with Gasteiger partial charge in [0.15, 0.2) is 5.78 Å². The number of Topliss-reactive ketones (excluding diaryl/α,β-unsaturated/α-hetero) is 1. The van der Waals surface area contributed by atoms with Crippen LogP contribution in [0, 0.1) is 5.82 Å². The quantitative estimate of drug-likeness (QED) is 0.749. The lowest BCUT2D eigenvalue weighted by atomic mass is 10.0. The Labute approximate surface area is 128 Å². The van der Waals surface area contributed by atoms with Gasteiger partial charge in [0.1, 0.15) is 11.6 Å². The topological polar surface area (TPSA) is 26.3 Å². The van der Waals surface area contributed by atoms with Gasteiger partial charge < -0.3 is 4.74 Å². The molecule has 0 aliphatic heterocycles. The van der Waals surface area contributed by atoms with E-state index in [1.807, 2.05) is 13.8 Å². The predicted molar refractivity (Wildman–Crippen MR) is 81.7 cm³/mol. The lowest BCUT2D eigenvalue weighted by Gasteiger charge is -2.10. The molecule has 0 bridgehead atoms. The first-order chi connectivity index (χ1) is 9.95. The van der Waals surface area contributed by atoms with Crippen molar-refractivity contribution >= 4 is 17.4 Å². The van der Waals surface area contributed by atoms with Gasteiger partial charge in [-0.1, -0.05) is 17.7 Å². The molecule has 0 aromatic heterocycles. The number of rotatable bonds is 5. The third-order valence-corrected chi connectivity index (χ3v) is 3.27. The maximum Gasteiger partial charge on any atom is 0.167 e. The standard InChI is InChI=1S/C17H16ClFO2/c1-11(2)21-15-7-4-12(5-8-15)17(20)9-13-3-6-14(19)10-16(13)18/h3-8,10-11H,9H2,1-2H3. The van der Waals surface area contributed by atoms with E-state index in [0.717, 1.165) is 5.75 Å². The zero-order valence-electron chi connectivity index (χ0n) is 11.9. The summed E-state index contributed by atoms with van der Waals surface area (Å²) in [7, 11) is 0. The molecule has 0 N–H and O–H groups in total. The normalized spacial score (nSPS) is 10.7. The molecule has 0 atom stereocenters. The number of hydrogen-bond donors (Lipinski definition) is 0. The van der Waals surface area contributed by atoms with Gasteiger partial charge in [0, 0.05) is 17.0 Å². The summed E-state index contributed by atoms with van der Waals surface area (Å²) in [6.45, 7) is 3.88. The smallest absolute Gasteiger partial charge is 0.167 e. The molecule has 21 heavy (non-hydrogen) atoms. The molecule has 2 aromatic carbocycles. The molecule has 0 unspecified atom stereocenters. The number of carbonyl (C=O) groups excluding carboxylic acids is 1. The minimum absolute atomic E-state index is 0.0698. The second-order valence-corrected chi connectivity index (χ2v) is 5.43. The first kappa shape index (κ1) is 15.5. The van der Waals surface area contributed by atoms with Gasteiger partial charge in [0.2, 0.25) is 0 Å². The maximum atomic E-state index is 13.0. The highest BCUT2D eigenvalue weighted by molar-refractivity contribution is 6.31. The second-order valence-electron chi connectivity index (χ2n) is 5.03. The zero-order chi connectivity index (χ0) is 15.4. The van der Waals surface area contributed by atoms with E-state index in [-0.39, 0.29) is 23.3 Å². The first-order valence-corrected chi connectivity index (χ1v) is 7.07. The molecule has 0 fully saturated rings. The summed E-state index contributed by atoms with van der Waals surface area (Å²) >= 11 is 5.93. The van der Waals surface area contributed by atoms with Crippen molar-refractivity contribution in [1.29, 1.82) is 0 Å². The van der Waals surface area contributed by atoms with E-state index in [4.69, 9.17) is 16.3 Å². The van der Waals surface area contributed by atoms with Crippen LogP contribution in [-0.2, 0) is 6.42 Å². The van der Waals surface area contributed by atoms with Crippen molar-refractivity contribution in [2.45, 2.75) is 26.4 Å². The summed E-state index contributed by atoms with van der Waals surface area (Å²) < 4.78 is 18.5. The van der Waals surface area contributed by atoms with Crippen LogP contribution in [0.5, 0.6) is 5.75 Å². The largest absolute Gasteiger partial charge is 0.491 e. The average Bonchev–Trinajstić information content (AvgIpc) is 2.42. The fourth-order valence-corrected chi connectivity index (χ4v) is 2.17. The highest BCUT2D eigenvalue weighted by atomic mass is 35.5. The Morgan fingerprint density at radius 2 is 1.86 bits per heavy atom. The number of benzene rings is 2. The van der Waals surface area contributed by atoms with Crippen LogP contribution in [0.4, 0.5) is 4.39 Å². The van der Waals surface area contributed by atoms with Crippen LogP contribution in [-0.4, -0.2) is 11.9 Å². The third kappa shape index (κ3) is 4.30. The van der Waals surface area contributed by atoms with Gasteiger partial charge in [-0.05, 0) is 55.8 Å². The van der Waals surface area contributed by atoms with E-state index in [1.165, 1.54) is 18.2 Å². The summed E-state index contributed by atoms with van der Waals surface area (Å²) in [5.41, 5.74) is 1.19. The number of carbonyl (C=O) groups is 1. The van der Waals surface area contributed by atoms with Gasteiger partial charge in [0.05, 0.1) is 6.10 Å². The van der Waals surface area contributed by atoms with Gasteiger partial charge >= 0.3 is 0 Å². The van der Waals surface area contributed by atoms with E-state index in [0.29, 0.717) is 11.1 Å². The van der Waals surface area contributed by atoms with Crippen molar-refractivity contribution in [3.63, 3.8) is 0 Å². The van der Waals surface area contributed by atoms with Crippen molar-refractivity contribution < 1.29 is 13.9 Å². The Morgan fingerprint density at radius 1 is 1.19 bits per heavy atom. The van der Waals surface area contributed by atoms with E-state index >= 15 is 0 Å². The molecule has 0 aliphatic carbocycles. The van der Waals surface area contributed by atoms with Crippen molar-refractivity contribution in [3.8, 4) is 5.75 Å². The zero-order valence-corrected chi connectivity index (χ0v) is 12.7. The highest BCUT2D eigenvalue weighted by Crippen LogP contribution is 2.20. The van der Waals surface area contributed by atoms with Crippen LogP contribution in [0.2, 0.25) is 5.02 Å². The number of hydrogen-bond acceptors (Lipinski definition) is 2. The highest BCUT2D eigenvalue weighted by Gasteiger charge is 2.10. The van der Waals surface area contributed by atoms with E-state index < -0.39 is 5.82 Å². The Bertz CT molecular complexity index is 636. The molecule has 4 heteroatoms. The summed E-state index contributed by atoms with van der Waals surface area (Å²) in [6.07, 6.45) is 0.230. The Hall–Kier alpha value is -1.87. The number of ketones is 1. The van der Waals surface area contributed by atoms with Crippen LogP contribution in [0.3, 0.4) is 0 Å². The Morgan fingerprint density at radius 3 is 2.43 bits per heavy atom. The lowest BCUT2D eigenvalue weighted by molar-refractivity contribution is 0.0993. The van der Waals surface area contributed by atoms with Gasteiger partial charge in [-0.25, -0.2) is 4.39 Å². The minimum atomic E-state index is -0.411. The first-order valence-electron chi connectivity index (χ1n) is 6.69. The van der Waals surface area contributed by atoms with E-state index in [1.54, 1.807) is 24.3 Å². The van der Waals surface area contributed by atoms with Crippen LogP contribution in [0.25, 0.3) is 0 Å². The molecule has 0 aliphatic rings. The lowest BCUT2D eigenvalue weighted by Crippen LogP contribution is -2.07. The van der Waals surface area contributed by atoms with Gasteiger partial charge in [0.25, 0.3) is 0 Å². The van der Waals surface area contributed by atoms with Crippen molar-refractivity contribution in [2.75, 3.05) is 0 Å². The fraction of sp³-hybridized carbons (Fsp3) is 0.235. The molecule has 2 aromatic rings. The molecule has 0 saturated heterocycles. The molecular weight excluding hydrogens is 291 g/mol. The molecular formula is C17H16ClFO2. The monoisotopic (exact) mass is 306 g/mol. The average molecular weight is 307 g/mol. The number of halogens is 2. The van der Waals surface area contributed by atoms with Crippen LogP contribution < -0.4 is 4.74 Å². The minimum Gasteiger partial charge on any atom is -0.491 e. The predicted octanol–water partition coefficient (Wildman–Crippen LogP) is 4.69. The Kier molecular flexibility index (Phi) is 4.97. The van der Waals surface area contributed by atoms with E-state index in [9.17, 15) is 9.18 Å². The van der Waals surface area contributed by atoms with E-state index in [2.05, 4.69) is 0 Å². The molecule has 0 saturated carbocycles. The molecule has 110 valence electrons. The molecule has 0 amide bonds. The van der Waals surface area contributed by atoms with Crippen LogP contribution >= 0.6 is 11.6 Å².